The second kappa shape index (κ2) is 9.19. The maximum atomic E-state index is 14.0. The van der Waals surface area contributed by atoms with Gasteiger partial charge in [0.05, 0.1) is 11.2 Å². The van der Waals surface area contributed by atoms with E-state index in [-0.39, 0.29) is 27.7 Å². The Bertz CT molecular complexity index is 1390. The van der Waals surface area contributed by atoms with Gasteiger partial charge in [-0.3, -0.25) is 14.3 Å². The first kappa shape index (κ1) is 21.5. The number of rotatable bonds is 7. The molecule has 2 aromatic heterocycles. The number of benzene rings is 2. The molecule has 164 valence electrons. The summed E-state index contributed by atoms with van der Waals surface area (Å²) in [5.74, 6) is -0.262. The third kappa shape index (κ3) is 4.33. The summed E-state index contributed by atoms with van der Waals surface area (Å²) in [5, 5.41) is 4.27. The van der Waals surface area contributed by atoms with E-state index in [4.69, 9.17) is 11.6 Å². The number of fused-ring (bicyclic) bond motifs is 1. The number of H-pyrrole nitrogens is 1. The molecule has 0 saturated heterocycles. The summed E-state index contributed by atoms with van der Waals surface area (Å²) in [4.78, 5) is 31.2. The predicted octanol–water partition coefficient (Wildman–Crippen LogP) is 3.29. The summed E-state index contributed by atoms with van der Waals surface area (Å²) in [6.07, 6.45) is 2.75. The van der Waals surface area contributed by atoms with Crippen LogP contribution in [0.5, 0.6) is 0 Å². The SMILES string of the molecule is Cn1c(=O)[nH]c(=O)c2c1nc(NN=Cc1c(F)cccc1Cl)n2CCCc1ccccc1. The first-order chi connectivity index (χ1) is 15.5. The highest BCUT2D eigenvalue weighted by Gasteiger charge is 2.17. The van der Waals surface area contributed by atoms with Crippen LogP contribution >= 0.6 is 11.6 Å². The molecule has 0 aliphatic rings. The summed E-state index contributed by atoms with van der Waals surface area (Å²) < 4.78 is 16.9. The van der Waals surface area contributed by atoms with Gasteiger partial charge in [-0.1, -0.05) is 48.0 Å². The molecule has 0 radical (unpaired) electrons. The lowest BCUT2D eigenvalue weighted by Gasteiger charge is -2.08. The Morgan fingerprint density at radius 1 is 1.19 bits per heavy atom. The minimum absolute atomic E-state index is 0.124. The molecule has 0 aliphatic carbocycles. The fourth-order valence-corrected chi connectivity index (χ4v) is 3.62. The Kier molecular flexibility index (Phi) is 6.18. The normalized spacial score (nSPS) is 11.5. The van der Waals surface area contributed by atoms with Crippen LogP contribution in [0.3, 0.4) is 0 Å². The minimum Gasteiger partial charge on any atom is -0.303 e. The van der Waals surface area contributed by atoms with Gasteiger partial charge in [-0.25, -0.2) is 14.6 Å². The number of aryl methyl sites for hydroxylation is 3. The van der Waals surface area contributed by atoms with Gasteiger partial charge in [0.15, 0.2) is 11.2 Å². The number of imidazole rings is 1. The Balaban J connectivity index is 1.67. The summed E-state index contributed by atoms with van der Waals surface area (Å²) in [6, 6.07) is 14.3. The van der Waals surface area contributed by atoms with Crippen molar-refractivity contribution in [3.05, 3.63) is 91.3 Å². The Labute approximate surface area is 187 Å². The second-order valence-electron chi connectivity index (χ2n) is 7.17. The van der Waals surface area contributed by atoms with E-state index in [9.17, 15) is 14.0 Å². The molecule has 4 aromatic rings. The third-order valence-electron chi connectivity index (χ3n) is 5.05. The van der Waals surface area contributed by atoms with Crippen molar-refractivity contribution in [1.82, 2.24) is 19.1 Å². The van der Waals surface area contributed by atoms with Crippen molar-refractivity contribution in [3.8, 4) is 0 Å². The number of aromatic nitrogens is 4. The van der Waals surface area contributed by atoms with E-state index >= 15 is 0 Å². The molecule has 2 heterocycles. The number of nitrogens with one attached hydrogen (secondary N) is 2. The number of aromatic amines is 1. The molecule has 8 nitrogen and oxygen atoms in total. The van der Waals surface area contributed by atoms with Crippen LogP contribution in [-0.4, -0.2) is 25.3 Å². The molecule has 0 spiro atoms. The van der Waals surface area contributed by atoms with E-state index in [1.807, 2.05) is 30.3 Å². The van der Waals surface area contributed by atoms with Crippen molar-refractivity contribution in [2.24, 2.45) is 12.1 Å². The van der Waals surface area contributed by atoms with Gasteiger partial charge in [0.2, 0.25) is 5.95 Å². The molecule has 0 bridgehead atoms. The quantitative estimate of drug-likeness (QED) is 0.331. The number of hydrazone groups is 1. The van der Waals surface area contributed by atoms with Gasteiger partial charge in [0.1, 0.15) is 5.82 Å². The highest BCUT2D eigenvalue weighted by atomic mass is 35.5. The summed E-state index contributed by atoms with van der Waals surface area (Å²) in [5.41, 5.74) is 3.42. The average molecular weight is 455 g/mol. The first-order valence-electron chi connectivity index (χ1n) is 9.92. The van der Waals surface area contributed by atoms with Crippen molar-refractivity contribution >= 4 is 34.9 Å². The van der Waals surface area contributed by atoms with E-state index in [0.29, 0.717) is 6.54 Å². The van der Waals surface area contributed by atoms with Gasteiger partial charge in [-0.05, 0) is 30.5 Å². The van der Waals surface area contributed by atoms with Gasteiger partial charge < -0.3 is 4.57 Å². The van der Waals surface area contributed by atoms with E-state index in [2.05, 4.69) is 20.5 Å². The number of nitrogens with zero attached hydrogens (tertiary/aromatic N) is 4. The lowest BCUT2D eigenvalue weighted by atomic mass is 10.1. The zero-order valence-electron chi connectivity index (χ0n) is 17.2. The van der Waals surface area contributed by atoms with Crippen LogP contribution in [0.1, 0.15) is 17.5 Å². The van der Waals surface area contributed by atoms with Crippen LogP contribution in [0.15, 0.2) is 63.2 Å². The number of hydrogen-bond donors (Lipinski definition) is 2. The maximum absolute atomic E-state index is 14.0. The molecule has 0 amide bonds. The van der Waals surface area contributed by atoms with E-state index in [0.717, 1.165) is 12.8 Å². The molecule has 10 heteroatoms. The van der Waals surface area contributed by atoms with Crippen LogP contribution < -0.4 is 16.7 Å². The molecule has 2 aromatic carbocycles. The van der Waals surface area contributed by atoms with Crippen molar-refractivity contribution in [2.75, 3.05) is 5.43 Å². The second-order valence-corrected chi connectivity index (χ2v) is 7.58. The molecule has 0 fully saturated rings. The number of halogens is 2. The standard InChI is InChI=1S/C22H20ClFN6O2/c1-29-19-18(20(31)27-22(29)32)30(12-6-9-14-7-3-2-4-8-14)21(26-19)28-25-13-15-16(23)10-5-11-17(15)24/h2-5,7-8,10-11,13H,6,9,12H2,1H3,(H,26,28)(H,27,31,32). The van der Waals surface area contributed by atoms with Crippen LogP contribution in [0.25, 0.3) is 11.2 Å². The van der Waals surface area contributed by atoms with E-state index < -0.39 is 17.1 Å². The van der Waals surface area contributed by atoms with Crippen molar-refractivity contribution in [3.63, 3.8) is 0 Å². The van der Waals surface area contributed by atoms with Gasteiger partial charge in [0, 0.05) is 19.2 Å². The van der Waals surface area contributed by atoms with Crippen molar-refractivity contribution in [1.29, 1.82) is 0 Å². The predicted molar refractivity (Wildman–Crippen MR) is 123 cm³/mol. The van der Waals surface area contributed by atoms with E-state index in [1.54, 1.807) is 10.6 Å². The molecule has 4 rings (SSSR count). The van der Waals surface area contributed by atoms with Gasteiger partial charge in [-0.15, -0.1) is 0 Å². The largest absolute Gasteiger partial charge is 0.329 e. The third-order valence-corrected chi connectivity index (χ3v) is 5.38. The molecule has 0 atom stereocenters. The fraction of sp³-hybridized carbons (Fsp3) is 0.182. The van der Waals surface area contributed by atoms with Crippen LogP contribution in [0, 0.1) is 5.82 Å². The highest BCUT2D eigenvalue weighted by Crippen LogP contribution is 2.19. The van der Waals surface area contributed by atoms with Gasteiger partial charge in [-0.2, -0.15) is 10.1 Å². The van der Waals surface area contributed by atoms with Crippen molar-refractivity contribution < 1.29 is 4.39 Å². The fourth-order valence-electron chi connectivity index (χ4n) is 3.41. The summed E-state index contributed by atoms with van der Waals surface area (Å²) in [6.45, 7) is 0.449. The number of anilines is 1. The smallest absolute Gasteiger partial charge is 0.303 e. The van der Waals surface area contributed by atoms with Crippen molar-refractivity contribution in [2.45, 2.75) is 19.4 Å². The Morgan fingerprint density at radius 2 is 1.97 bits per heavy atom. The van der Waals surface area contributed by atoms with E-state index in [1.165, 1.54) is 35.5 Å². The topological polar surface area (TPSA) is 97.1 Å². The maximum Gasteiger partial charge on any atom is 0.329 e. The molecule has 2 N–H and O–H groups in total. The zero-order valence-corrected chi connectivity index (χ0v) is 17.9. The molecule has 0 unspecified atom stereocenters. The van der Waals surface area contributed by atoms with Crippen LogP contribution in [0.4, 0.5) is 10.3 Å². The van der Waals surface area contributed by atoms with Gasteiger partial charge >= 0.3 is 5.69 Å². The lowest BCUT2D eigenvalue weighted by molar-refractivity contribution is 0.626. The molecular formula is C22H20ClFN6O2. The Morgan fingerprint density at radius 3 is 2.72 bits per heavy atom. The molecule has 32 heavy (non-hydrogen) atoms. The highest BCUT2D eigenvalue weighted by molar-refractivity contribution is 6.33. The molecule has 0 saturated carbocycles. The van der Waals surface area contributed by atoms with Gasteiger partial charge in [0.25, 0.3) is 5.56 Å². The van der Waals surface area contributed by atoms with Crippen LogP contribution in [0.2, 0.25) is 5.02 Å². The lowest BCUT2D eigenvalue weighted by Crippen LogP contribution is -2.29. The zero-order chi connectivity index (χ0) is 22.7. The molecular weight excluding hydrogens is 435 g/mol. The monoisotopic (exact) mass is 454 g/mol. The van der Waals surface area contributed by atoms with Crippen LogP contribution in [-0.2, 0) is 20.0 Å². The average Bonchev–Trinajstić information content (AvgIpc) is 3.14. The summed E-state index contributed by atoms with van der Waals surface area (Å²) >= 11 is 6.03. The minimum atomic E-state index is -0.565. The Hall–Kier alpha value is -3.72. The molecule has 0 aliphatic heterocycles. The summed E-state index contributed by atoms with van der Waals surface area (Å²) in [7, 11) is 1.52. The number of hydrogen-bond acceptors (Lipinski definition) is 5. The first-order valence-corrected chi connectivity index (χ1v) is 10.3.